The number of aromatic nitrogens is 2. The zero-order chi connectivity index (χ0) is 23.8. The van der Waals surface area contributed by atoms with Gasteiger partial charge in [0, 0.05) is 19.8 Å². The van der Waals surface area contributed by atoms with Crippen molar-refractivity contribution in [2.24, 2.45) is 0 Å². The van der Waals surface area contributed by atoms with Crippen molar-refractivity contribution in [1.82, 2.24) is 14.1 Å². The van der Waals surface area contributed by atoms with Gasteiger partial charge in [0.2, 0.25) is 10.0 Å². The number of sulfonamides is 1. The van der Waals surface area contributed by atoms with Crippen LogP contribution in [0.25, 0.3) is 5.69 Å². The molecule has 0 saturated carbocycles. The number of rotatable bonds is 5. The van der Waals surface area contributed by atoms with Crippen LogP contribution in [0.2, 0.25) is 0 Å². The third-order valence-electron chi connectivity index (χ3n) is 4.95. The van der Waals surface area contributed by atoms with Gasteiger partial charge in [0.05, 0.1) is 22.3 Å². The molecule has 3 aromatic rings. The number of carbonyl (C=O) groups is 1. The van der Waals surface area contributed by atoms with E-state index in [0.29, 0.717) is 15.8 Å². The summed E-state index contributed by atoms with van der Waals surface area (Å²) in [5.41, 5.74) is -0.591. The van der Waals surface area contributed by atoms with Gasteiger partial charge in [0.25, 0.3) is 5.91 Å². The van der Waals surface area contributed by atoms with Crippen LogP contribution in [0.4, 0.5) is 18.9 Å². The van der Waals surface area contributed by atoms with Gasteiger partial charge in [-0.3, -0.25) is 4.79 Å². The van der Waals surface area contributed by atoms with Gasteiger partial charge in [0.15, 0.2) is 5.69 Å². The third-order valence-corrected chi connectivity index (χ3v) is 6.74. The van der Waals surface area contributed by atoms with Crippen LogP contribution in [0.3, 0.4) is 0 Å². The van der Waals surface area contributed by atoms with Gasteiger partial charge in [-0.25, -0.2) is 17.4 Å². The monoisotopic (exact) mass is 466 g/mol. The normalized spacial score (nSPS) is 12.2. The van der Waals surface area contributed by atoms with Crippen LogP contribution in [0.15, 0.2) is 53.6 Å². The lowest BCUT2D eigenvalue weighted by Crippen LogP contribution is -2.23. The lowest BCUT2D eigenvalue weighted by atomic mass is 10.1. The summed E-state index contributed by atoms with van der Waals surface area (Å²) in [5, 5.41) is 6.19. The summed E-state index contributed by atoms with van der Waals surface area (Å²) in [4.78, 5) is 12.8. The van der Waals surface area contributed by atoms with E-state index < -0.39 is 33.4 Å². The summed E-state index contributed by atoms with van der Waals surface area (Å²) in [6.07, 6.45) is -4.02. The number of hydrogen-bond acceptors (Lipinski definition) is 4. The number of halogens is 3. The van der Waals surface area contributed by atoms with Gasteiger partial charge in [0.1, 0.15) is 0 Å². The van der Waals surface area contributed by atoms with Crippen LogP contribution in [0.5, 0.6) is 0 Å². The molecular formula is C21H21F3N4O3S. The lowest BCUT2D eigenvalue weighted by molar-refractivity contribution is -0.143. The molecule has 0 spiro atoms. The van der Waals surface area contributed by atoms with E-state index in [1.165, 1.54) is 38.4 Å². The lowest BCUT2D eigenvalue weighted by Gasteiger charge is -2.17. The van der Waals surface area contributed by atoms with Crippen molar-refractivity contribution in [3.8, 4) is 5.69 Å². The predicted octanol–water partition coefficient (Wildman–Crippen LogP) is 4.01. The average molecular weight is 466 g/mol. The second-order valence-corrected chi connectivity index (χ2v) is 9.46. The Morgan fingerprint density at radius 3 is 2.28 bits per heavy atom. The van der Waals surface area contributed by atoms with E-state index in [2.05, 4.69) is 10.4 Å². The smallest absolute Gasteiger partial charge is 0.322 e. The molecule has 1 N–H and O–H groups in total. The quantitative estimate of drug-likeness (QED) is 0.616. The number of nitrogens with zero attached hydrogens (tertiary/aromatic N) is 3. The zero-order valence-electron chi connectivity index (χ0n) is 17.7. The number of hydrogen-bond donors (Lipinski definition) is 1. The van der Waals surface area contributed by atoms with E-state index in [-0.39, 0.29) is 16.3 Å². The second-order valence-electron chi connectivity index (χ2n) is 7.31. The first-order valence-electron chi connectivity index (χ1n) is 9.40. The van der Waals surface area contributed by atoms with Crippen LogP contribution in [0, 0.1) is 13.8 Å². The molecule has 0 aliphatic heterocycles. The molecule has 0 fully saturated rings. The van der Waals surface area contributed by atoms with Crippen LogP contribution in [-0.4, -0.2) is 42.5 Å². The van der Waals surface area contributed by atoms with E-state index in [9.17, 15) is 26.4 Å². The number of anilines is 1. The van der Waals surface area contributed by atoms with Crippen molar-refractivity contribution >= 4 is 21.6 Å². The standard InChI is InChI=1S/C21H21F3N4O3S/c1-13-10-16(32(30,31)27(3)4)11-18(14(13)2)26-20(29)17-12-25-28(19(17)21(22,23)24)15-8-6-5-7-9-15/h5-12H,1-4H3,(H,26,29). The average Bonchev–Trinajstić information content (AvgIpc) is 3.17. The molecule has 0 aliphatic carbocycles. The van der Waals surface area contributed by atoms with Gasteiger partial charge < -0.3 is 5.32 Å². The van der Waals surface area contributed by atoms with Crippen molar-refractivity contribution in [1.29, 1.82) is 0 Å². The van der Waals surface area contributed by atoms with E-state index in [0.717, 1.165) is 10.5 Å². The van der Waals surface area contributed by atoms with Crippen molar-refractivity contribution in [3.05, 3.63) is 71.0 Å². The minimum Gasteiger partial charge on any atom is -0.322 e. The highest BCUT2D eigenvalue weighted by Crippen LogP contribution is 2.34. The Morgan fingerprint density at radius 2 is 1.72 bits per heavy atom. The van der Waals surface area contributed by atoms with Crippen LogP contribution < -0.4 is 5.32 Å². The highest BCUT2D eigenvalue weighted by molar-refractivity contribution is 7.89. The zero-order valence-corrected chi connectivity index (χ0v) is 18.5. The SMILES string of the molecule is Cc1cc(S(=O)(=O)N(C)C)cc(NC(=O)c2cnn(-c3ccccc3)c2C(F)(F)F)c1C. The number of nitrogens with one attached hydrogen (secondary N) is 1. The van der Waals surface area contributed by atoms with E-state index >= 15 is 0 Å². The number of aryl methyl sites for hydroxylation is 1. The van der Waals surface area contributed by atoms with Crippen LogP contribution in [0.1, 0.15) is 27.2 Å². The summed E-state index contributed by atoms with van der Waals surface area (Å²) in [6.45, 7) is 3.28. The molecule has 11 heteroatoms. The van der Waals surface area contributed by atoms with E-state index in [1.807, 2.05) is 0 Å². The highest BCUT2D eigenvalue weighted by Gasteiger charge is 2.40. The maximum absolute atomic E-state index is 13.9. The highest BCUT2D eigenvalue weighted by atomic mass is 32.2. The first-order chi connectivity index (χ1) is 14.8. The minimum atomic E-state index is -4.86. The molecule has 0 bridgehead atoms. The van der Waals surface area contributed by atoms with Gasteiger partial charge in [-0.2, -0.15) is 18.3 Å². The van der Waals surface area contributed by atoms with Crippen LogP contribution in [-0.2, 0) is 16.2 Å². The summed E-state index contributed by atoms with van der Waals surface area (Å²) >= 11 is 0. The minimum absolute atomic E-state index is 0.0862. The molecule has 1 amide bonds. The molecule has 1 aromatic heterocycles. The number of alkyl halides is 3. The maximum Gasteiger partial charge on any atom is 0.434 e. The molecule has 170 valence electrons. The first-order valence-corrected chi connectivity index (χ1v) is 10.8. The fourth-order valence-corrected chi connectivity index (χ4v) is 4.07. The van der Waals surface area contributed by atoms with E-state index in [1.54, 1.807) is 32.0 Å². The third kappa shape index (κ3) is 4.39. The molecule has 0 radical (unpaired) electrons. The summed E-state index contributed by atoms with van der Waals surface area (Å²) in [5.74, 6) is -1.05. The molecule has 2 aromatic carbocycles. The van der Waals surface area contributed by atoms with Gasteiger partial charge in [-0.1, -0.05) is 18.2 Å². The fraction of sp³-hybridized carbons (Fsp3) is 0.238. The maximum atomic E-state index is 13.9. The number of para-hydroxylation sites is 1. The van der Waals surface area contributed by atoms with Crippen LogP contribution >= 0.6 is 0 Å². The molecule has 0 saturated heterocycles. The Balaban J connectivity index is 2.07. The number of benzene rings is 2. The fourth-order valence-electron chi connectivity index (χ4n) is 3.06. The molecule has 32 heavy (non-hydrogen) atoms. The number of amides is 1. The molecule has 7 nitrogen and oxygen atoms in total. The molecule has 1 heterocycles. The Kier molecular flexibility index (Phi) is 6.16. The van der Waals surface area contributed by atoms with Crippen molar-refractivity contribution in [2.45, 2.75) is 24.9 Å². The van der Waals surface area contributed by atoms with E-state index in [4.69, 9.17) is 0 Å². The predicted molar refractivity (Wildman–Crippen MR) is 113 cm³/mol. The molecule has 3 rings (SSSR count). The first kappa shape index (κ1) is 23.5. The molecule has 0 aliphatic rings. The Labute approximate surface area is 183 Å². The van der Waals surface area contributed by atoms with Crippen molar-refractivity contribution < 1.29 is 26.4 Å². The number of carbonyl (C=O) groups excluding carboxylic acids is 1. The Morgan fingerprint density at radius 1 is 1.09 bits per heavy atom. The Hall–Kier alpha value is -3.18. The van der Waals surface area contributed by atoms with Gasteiger partial charge in [-0.05, 0) is 49.2 Å². The molecule has 0 atom stereocenters. The largest absolute Gasteiger partial charge is 0.434 e. The topological polar surface area (TPSA) is 84.3 Å². The summed E-state index contributed by atoms with van der Waals surface area (Å²) in [7, 11) is -1.10. The van der Waals surface area contributed by atoms with Gasteiger partial charge >= 0.3 is 6.18 Å². The van der Waals surface area contributed by atoms with Crippen molar-refractivity contribution in [3.63, 3.8) is 0 Å². The van der Waals surface area contributed by atoms with Crippen molar-refractivity contribution in [2.75, 3.05) is 19.4 Å². The van der Waals surface area contributed by atoms with Gasteiger partial charge in [-0.15, -0.1) is 0 Å². The Bertz CT molecular complexity index is 1270. The summed E-state index contributed by atoms with van der Waals surface area (Å²) < 4.78 is 68.2. The second kappa shape index (κ2) is 8.40. The summed E-state index contributed by atoms with van der Waals surface area (Å²) in [6, 6.07) is 10.3. The molecule has 0 unspecified atom stereocenters. The molecular weight excluding hydrogens is 445 g/mol.